The van der Waals surface area contributed by atoms with Crippen LogP contribution in [0.25, 0.3) is 0 Å². The summed E-state index contributed by atoms with van der Waals surface area (Å²) in [6.07, 6.45) is 4.42. The Kier molecular flexibility index (Phi) is 5.31. The molecule has 0 aliphatic rings. The lowest BCUT2D eigenvalue weighted by molar-refractivity contribution is -0.127. The maximum absolute atomic E-state index is 12.8. The first kappa shape index (κ1) is 15.0. The van der Waals surface area contributed by atoms with Crippen LogP contribution in [-0.2, 0) is 11.2 Å². The van der Waals surface area contributed by atoms with Crippen molar-refractivity contribution < 1.29 is 13.9 Å². The van der Waals surface area contributed by atoms with Gasteiger partial charge < -0.3 is 15.0 Å². The smallest absolute Gasteiger partial charge is 0.260 e. The van der Waals surface area contributed by atoms with Gasteiger partial charge in [0.1, 0.15) is 17.4 Å². The van der Waals surface area contributed by atoms with Gasteiger partial charge in [-0.05, 0) is 37.6 Å². The van der Waals surface area contributed by atoms with Crippen LogP contribution in [0, 0.1) is 5.82 Å². The van der Waals surface area contributed by atoms with Gasteiger partial charge in [-0.1, -0.05) is 0 Å². The van der Waals surface area contributed by atoms with Crippen LogP contribution in [0.5, 0.6) is 5.75 Å². The second-order valence-corrected chi connectivity index (χ2v) is 4.64. The fourth-order valence-corrected chi connectivity index (χ4v) is 1.82. The number of rotatable bonds is 7. The van der Waals surface area contributed by atoms with Gasteiger partial charge in [0.2, 0.25) is 0 Å². The molecule has 112 valence electrons. The van der Waals surface area contributed by atoms with E-state index < -0.39 is 6.10 Å². The van der Waals surface area contributed by atoms with E-state index in [1.54, 1.807) is 19.3 Å². The van der Waals surface area contributed by atoms with Crippen molar-refractivity contribution in [3.8, 4) is 5.75 Å². The van der Waals surface area contributed by atoms with Crippen LogP contribution >= 0.6 is 0 Å². The highest BCUT2D eigenvalue weighted by Crippen LogP contribution is 2.12. The summed E-state index contributed by atoms with van der Waals surface area (Å²) in [7, 11) is 0. The van der Waals surface area contributed by atoms with Crippen molar-refractivity contribution in [2.75, 3.05) is 6.54 Å². The van der Waals surface area contributed by atoms with Crippen LogP contribution in [0.2, 0.25) is 0 Å². The van der Waals surface area contributed by atoms with Crippen molar-refractivity contribution in [3.63, 3.8) is 0 Å². The second kappa shape index (κ2) is 7.42. The normalized spacial score (nSPS) is 11.9. The standard InChI is InChI=1S/C15H18FN3O2/c1-11(21-13-6-4-12(16)5-7-13)15(20)19-8-2-3-14-17-9-10-18-14/h4-7,9-11H,2-3,8H2,1H3,(H,17,18)(H,19,20). The van der Waals surface area contributed by atoms with E-state index in [1.807, 2.05) is 0 Å². The number of nitrogens with one attached hydrogen (secondary N) is 2. The fourth-order valence-electron chi connectivity index (χ4n) is 1.82. The third-order valence-corrected chi connectivity index (χ3v) is 2.94. The second-order valence-electron chi connectivity index (χ2n) is 4.64. The summed E-state index contributed by atoms with van der Waals surface area (Å²) in [5.41, 5.74) is 0. The van der Waals surface area contributed by atoms with Crippen LogP contribution in [0.4, 0.5) is 4.39 Å². The lowest BCUT2D eigenvalue weighted by Gasteiger charge is -2.14. The maximum atomic E-state index is 12.8. The average molecular weight is 291 g/mol. The van der Waals surface area contributed by atoms with Gasteiger partial charge in [0.15, 0.2) is 6.10 Å². The zero-order valence-corrected chi connectivity index (χ0v) is 11.8. The van der Waals surface area contributed by atoms with Crippen LogP contribution in [0.15, 0.2) is 36.7 Å². The molecule has 0 radical (unpaired) electrons. The predicted octanol–water partition coefficient (Wildman–Crippen LogP) is 2.07. The molecule has 1 atom stereocenters. The van der Waals surface area contributed by atoms with E-state index in [4.69, 9.17) is 4.74 Å². The Balaban J connectivity index is 1.68. The number of halogens is 1. The third kappa shape index (κ3) is 4.91. The largest absolute Gasteiger partial charge is 0.481 e. The van der Waals surface area contributed by atoms with E-state index >= 15 is 0 Å². The van der Waals surface area contributed by atoms with Crippen molar-refractivity contribution in [2.24, 2.45) is 0 Å². The molecule has 1 aromatic heterocycles. The minimum atomic E-state index is -0.626. The predicted molar refractivity (Wildman–Crippen MR) is 76.4 cm³/mol. The molecule has 0 spiro atoms. The minimum absolute atomic E-state index is 0.196. The number of carbonyl (C=O) groups is 1. The molecule has 1 unspecified atom stereocenters. The summed E-state index contributed by atoms with van der Waals surface area (Å²) < 4.78 is 18.2. The SMILES string of the molecule is CC(Oc1ccc(F)cc1)C(=O)NCCCc1ncc[nH]1. The molecule has 1 amide bonds. The first-order valence-electron chi connectivity index (χ1n) is 6.83. The van der Waals surface area contributed by atoms with Crippen LogP contribution in [0.1, 0.15) is 19.2 Å². The molecule has 0 saturated carbocycles. The molecule has 21 heavy (non-hydrogen) atoms. The van der Waals surface area contributed by atoms with Gasteiger partial charge >= 0.3 is 0 Å². The summed E-state index contributed by atoms with van der Waals surface area (Å²) in [5.74, 6) is 0.839. The molecule has 2 N–H and O–H groups in total. The summed E-state index contributed by atoms with van der Waals surface area (Å²) in [4.78, 5) is 19.0. The number of benzene rings is 1. The quantitative estimate of drug-likeness (QED) is 0.767. The number of imidazole rings is 1. The Hall–Kier alpha value is -2.37. The summed E-state index contributed by atoms with van der Waals surface area (Å²) in [6.45, 7) is 2.21. The minimum Gasteiger partial charge on any atom is -0.481 e. The molecule has 5 nitrogen and oxygen atoms in total. The zero-order valence-electron chi connectivity index (χ0n) is 11.8. The number of hydrogen-bond donors (Lipinski definition) is 2. The third-order valence-electron chi connectivity index (χ3n) is 2.94. The summed E-state index contributed by atoms with van der Waals surface area (Å²) >= 11 is 0. The van der Waals surface area contributed by atoms with Crippen LogP contribution in [-0.4, -0.2) is 28.5 Å². The molecule has 0 aliphatic carbocycles. The Bertz CT molecular complexity index is 555. The van der Waals surface area contributed by atoms with Gasteiger partial charge in [-0.15, -0.1) is 0 Å². The molecule has 0 aliphatic heterocycles. The number of aromatic nitrogens is 2. The zero-order chi connectivity index (χ0) is 15.1. The van der Waals surface area contributed by atoms with Crippen molar-refractivity contribution in [3.05, 3.63) is 48.3 Å². The highest BCUT2D eigenvalue weighted by atomic mass is 19.1. The first-order valence-corrected chi connectivity index (χ1v) is 6.83. The topological polar surface area (TPSA) is 67.0 Å². The van der Waals surface area contributed by atoms with Gasteiger partial charge in [-0.3, -0.25) is 4.79 Å². The number of hydrogen-bond acceptors (Lipinski definition) is 3. The van der Waals surface area contributed by atoms with Crippen LogP contribution in [0.3, 0.4) is 0 Å². The average Bonchev–Trinajstić information content (AvgIpc) is 2.99. The Morgan fingerprint density at radius 1 is 1.43 bits per heavy atom. The van der Waals surface area contributed by atoms with Crippen LogP contribution < -0.4 is 10.1 Å². The van der Waals surface area contributed by atoms with Gasteiger partial charge in [0.25, 0.3) is 5.91 Å². The highest BCUT2D eigenvalue weighted by Gasteiger charge is 2.13. The number of nitrogens with zero attached hydrogens (tertiary/aromatic N) is 1. The summed E-state index contributed by atoms with van der Waals surface area (Å²) in [6, 6.07) is 5.58. The number of ether oxygens (including phenoxy) is 1. The Labute approximate surface area is 122 Å². The van der Waals surface area contributed by atoms with E-state index in [2.05, 4.69) is 15.3 Å². The lowest BCUT2D eigenvalue weighted by Crippen LogP contribution is -2.36. The number of aryl methyl sites for hydroxylation is 1. The van der Waals surface area contributed by atoms with E-state index in [9.17, 15) is 9.18 Å². The number of carbonyl (C=O) groups excluding carboxylic acids is 1. The monoisotopic (exact) mass is 291 g/mol. The fraction of sp³-hybridized carbons (Fsp3) is 0.333. The molecule has 0 fully saturated rings. The van der Waals surface area contributed by atoms with Crippen molar-refractivity contribution in [1.29, 1.82) is 0 Å². The number of H-pyrrole nitrogens is 1. The molecule has 0 saturated heterocycles. The van der Waals surface area contributed by atoms with Crippen molar-refractivity contribution in [1.82, 2.24) is 15.3 Å². The van der Waals surface area contributed by atoms with Gasteiger partial charge in [0.05, 0.1) is 0 Å². The molecular weight excluding hydrogens is 273 g/mol. The van der Waals surface area contributed by atoms with Crippen molar-refractivity contribution >= 4 is 5.91 Å². The highest BCUT2D eigenvalue weighted by molar-refractivity contribution is 5.80. The molecule has 1 aromatic carbocycles. The lowest BCUT2D eigenvalue weighted by atomic mass is 10.3. The van der Waals surface area contributed by atoms with Gasteiger partial charge in [-0.2, -0.15) is 0 Å². The van der Waals surface area contributed by atoms with Gasteiger partial charge in [0, 0.05) is 25.4 Å². The molecule has 0 bridgehead atoms. The van der Waals surface area contributed by atoms with E-state index in [1.165, 1.54) is 24.3 Å². The number of aromatic amines is 1. The van der Waals surface area contributed by atoms with Gasteiger partial charge in [-0.25, -0.2) is 9.37 Å². The molecule has 1 heterocycles. The number of amides is 1. The Morgan fingerprint density at radius 3 is 2.86 bits per heavy atom. The van der Waals surface area contributed by atoms with E-state index in [0.29, 0.717) is 12.3 Å². The maximum Gasteiger partial charge on any atom is 0.260 e. The Morgan fingerprint density at radius 2 is 2.19 bits per heavy atom. The molecule has 2 aromatic rings. The van der Waals surface area contributed by atoms with E-state index in [0.717, 1.165) is 18.7 Å². The van der Waals surface area contributed by atoms with Crippen molar-refractivity contribution in [2.45, 2.75) is 25.9 Å². The first-order chi connectivity index (χ1) is 10.1. The molecular formula is C15H18FN3O2. The summed E-state index contributed by atoms with van der Waals surface area (Å²) in [5, 5.41) is 2.80. The molecule has 2 rings (SSSR count). The molecule has 6 heteroatoms. The van der Waals surface area contributed by atoms with E-state index in [-0.39, 0.29) is 11.7 Å².